The predicted molar refractivity (Wildman–Crippen MR) is 231 cm³/mol. The highest BCUT2D eigenvalue weighted by molar-refractivity contribution is 6.11. The van der Waals surface area contributed by atoms with Crippen molar-refractivity contribution < 1.29 is 4.74 Å². The van der Waals surface area contributed by atoms with E-state index in [1.807, 2.05) is 24.3 Å². The van der Waals surface area contributed by atoms with Gasteiger partial charge in [0.1, 0.15) is 11.5 Å². The third kappa shape index (κ3) is 4.79. The summed E-state index contributed by atoms with van der Waals surface area (Å²) in [4.78, 5) is 10.5. The normalized spacial score (nSPS) is 11.9. The van der Waals surface area contributed by atoms with E-state index in [4.69, 9.17) is 14.7 Å². The van der Waals surface area contributed by atoms with Gasteiger partial charge in [0.05, 0.1) is 44.1 Å². The van der Waals surface area contributed by atoms with Crippen LogP contribution in [0.1, 0.15) is 0 Å². The standard InChI is InChI=1S/C50H32N6O/c1-3-15-33(16-4-1)53-45-25-13-9-21-41(45)51-49(53)55-43-23-11-7-19-37(43)39-29-27-35(31-47(39)55)57-36-28-30-40-38-20-8-12-24-44(38)56(48(40)32-36)50-52-42-22-10-14-26-46(42)54(50)34-17-5-2-6-18-34/h1-32H. The van der Waals surface area contributed by atoms with Gasteiger partial charge < -0.3 is 4.74 Å². The maximum Gasteiger partial charge on any atom is 0.220 e. The van der Waals surface area contributed by atoms with Crippen LogP contribution in [0.25, 0.3) is 88.9 Å². The fourth-order valence-corrected chi connectivity index (χ4v) is 8.58. The highest BCUT2D eigenvalue weighted by atomic mass is 16.5. The van der Waals surface area contributed by atoms with Crippen molar-refractivity contribution in [3.05, 3.63) is 194 Å². The van der Waals surface area contributed by atoms with E-state index in [0.29, 0.717) is 0 Å². The monoisotopic (exact) mass is 732 g/mol. The summed E-state index contributed by atoms with van der Waals surface area (Å²) < 4.78 is 15.8. The number of nitrogens with zero attached hydrogens (tertiary/aromatic N) is 6. The van der Waals surface area contributed by atoms with E-state index >= 15 is 0 Å². The van der Waals surface area contributed by atoms with Crippen LogP contribution in [0.5, 0.6) is 11.5 Å². The molecular weight excluding hydrogens is 701 g/mol. The van der Waals surface area contributed by atoms with Gasteiger partial charge in [0.2, 0.25) is 11.9 Å². The Morgan fingerprint density at radius 1 is 0.298 bits per heavy atom. The second kappa shape index (κ2) is 12.3. The molecule has 268 valence electrons. The van der Waals surface area contributed by atoms with Gasteiger partial charge in [-0.2, -0.15) is 0 Å². The summed E-state index contributed by atoms with van der Waals surface area (Å²) in [5.74, 6) is 3.09. The second-order valence-electron chi connectivity index (χ2n) is 14.3. The second-order valence-corrected chi connectivity index (χ2v) is 14.3. The molecular formula is C50H32N6O. The van der Waals surface area contributed by atoms with Crippen LogP contribution in [-0.4, -0.2) is 28.2 Å². The number of imidazole rings is 2. The van der Waals surface area contributed by atoms with Crippen molar-refractivity contribution in [1.82, 2.24) is 28.2 Å². The van der Waals surface area contributed by atoms with Gasteiger partial charge in [-0.3, -0.25) is 18.3 Å². The number of hydrogen-bond donors (Lipinski definition) is 0. The molecule has 0 aliphatic heterocycles. The molecule has 7 nitrogen and oxygen atoms in total. The number of para-hydroxylation sites is 8. The maximum atomic E-state index is 6.83. The van der Waals surface area contributed by atoms with Gasteiger partial charge in [0.25, 0.3) is 0 Å². The molecule has 0 N–H and O–H groups in total. The van der Waals surface area contributed by atoms with Gasteiger partial charge in [-0.05, 0) is 84.9 Å². The zero-order valence-electron chi connectivity index (χ0n) is 30.6. The van der Waals surface area contributed by atoms with Crippen LogP contribution in [0.3, 0.4) is 0 Å². The van der Waals surface area contributed by atoms with E-state index in [2.05, 4.69) is 188 Å². The van der Waals surface area contributed by atoms with E-state index in [-0.39, 0.29) is 0 Å². The fraction of sp³-hybridized carbons (Fsp3) is 0. The molecule has 0 saturated heterocycles. The maximum absolute atomic E-state index is 6.83. The lowest BCUT2D eigenvalue weighted by atomic mass is 10.1. The van der Waals surface area contributed by atoms with E-state index in [0.717, 1.165) is 100 Å². The Bertz CT molecular complexity index is 3270. The van der Waals surface area contributed by atoms with Gasteiger partial charge >= 0.3 is 0 Å². The molecule has 4 aromatic heterocycles. The summed E-state index contributed by atoms with van der Waals surface area (Å²) in [5.41, 5.74) is 10.2. The molecule has 12 aromatic rings. The van der Waals surface area contributed by atoms with Crippen molar-refractivity contribution in [3.63, 3.8) is 0 Å². The smallest absolute Gasteiger partial charge is 0.220 e. The molecule has 0 spiro atoms. The molecule has 0 saturated carbocycles. The van der Waals surface area contributed by atoms with Crippen molar-refractivity contribution in [3.8, 4) is 34.8 Å². The third-order valence-electron chi connectivity index (χ3n) is 11.0. The lowest BCUT2D eigenvalue weighted by molar-refractivity contribution is 0.484. The molecule has 0 aliphatic carbocycles. The molecule has 8 aromatic carbocycles. The van der Waals surface area contributed by atoms with Crippen molar-refractivity contribution in [2.75, 3.05) is 0 Å². The molecule has 0 amide bonds. The summed E-state index contributed by atoms with van der Waals surface area (Å²) >= 11 is 0. The molecule has 0 aliphatic rings. The lowest BCUT2D eigenvalue weighted by Crippen LogP contribution is -2.05. The highest BCUT2D eigenvalue weighted by Gasteiger charge is 2.22. The average Bonchev–Trinajstić information content (AvgIpc) is 4.01. The first-order chi connectivity index (χ1) is 28.3. The Labute approximate surface area is 326 Å². The molecule has 0 unspecified atom stereocenters. The van der Waals surface area contributed by atoms with Gasteiger partial charge in [-0.25, -0.2) is 9.97 Å². The molecule has 0 atom stereocenters. The van der Waals surface area contributed by atoms with Gasteiger partial charge in [0, 0.05) is 45.1 Å². The zero-order chi connectivity index (χ0) is 37.5. The van der Waals surface area contributed by atoms with E-state index < -0.39 is 0 Å². The quantitative estimate of drug-likeness (QED) is 0.171. The van der Waals surface area contributed by atoms with Gasteiger partial charge in [-0.15, -0.1) is 0 Å². The SMILES string of the molecule is c1ccc(-n2c(-n3c4ccccc4c4ccc(Oc5ccc6c7ccccc7n(-c7nc8ccccc8n7-c7ccccc7)c6c5)cc43)nc3ccccc32)cc1. The zero-order valence-corrected chi connectivity index (χ0v) is 30.6. The number of rotatable bonds is 6. The minimum Gasteiger partial charge on any atom is -0.457 e. The minimum absolute atomic E-state index is 0.729. The molecule has 0 radical (unpaired) electrons. The number of aromatic nitrogens is 6. The summed E-state index contributed by atoms with van der Waals surface area (Å²) in [6.45, 7) is 0. The van der Waals surface area contributed by atoms with E-state index in [9.17, 15) is 0 Å². The largest absolute Gasteiger partial charge is 0.457 e. The van der Waals surface area contributed by atoms with Gasteiger partial charge in [0.15, 0.2) is 0 Å². The van der Waals surface area contributed by atoms with Crippen molar-refractivity contribution in [1.29, 1.82) is 0 Å². The van der Waals surface area contributed by atoms with Gasteiger partial charge in [-0.1, -0.05) is 97.1 Å². The molecule has 0 bridgehead atoms. The number of ether oxygens (including phenoxy) is 1. The molecule has 57 heavy (non-hydrogen) atoms. The molecule has 12 rings (SSSR count). The van der Waals surface area contributed by atoms with Crippen LogP contribution >= 0.6 is 0 Å². The fourth-order valence-electron chi connectivity index (χ4n) is 8.58. The number of hydrogen-bond acceptors (Lipinski definition) is 3. The number of fused-ring (bicyclic) bond motifs is 8. The van der Waals surface area contributed by atoms with E-state index in [1.54, 1.807) is 0 Å². The molecule has 0 fully saturated rings. The average molecular weight is 733 g/mol. The van der Waals surface area contributed by atoms with Crippen molar-refractivity contribution in [2.24, 2.45) is 0 Å². The molecule has 7 heteroatoms. The lowest BCUT2D eigenvalue weighted by Gasteiger charge is -2.13. The Morgan fingerprint density at radius 3 is 1.12 bits per heavy atom. The summed E-state index contributed by atoms with van der Waals surface area (Å²) in [6, 6.07) is 67.3. The Morgan fingerprint density at radius 2 is 0.667 bits per heavy atom. The van der Waals surface area contributed by atoms with Crippen molar-refractivity contribution in [2.45, 2.75) is 0 Å². The Hall–Kier alpha value is -7.90. The van der Waals surface area contributed by atoms with Crippen LogP contribution in [0, 0.1) is 0 Å². The first kappa shape index (κ1) is 31.5. The Kier molecular flexibility index (Phi) is 6.79. The van der Waals surface area contributed by atoms with Crippen LogP contribution in [0.2, 0.25) is 0 Å². The minimum atomic E-state index is 0.729. The van der Waals surface area contributed by atoms with Crippen LogP contribution in [0.4, 0.5) is 0 Å². The first-order valence-electron chi connectivity index (χ1n) is 19.1. The topological polar surface area (TPSA) is 54.7 Å². The molecule has 4 heterocycles. The summed E-state index contributed by atoms with van der Waals surface area (Å²) in [6.07, 6.45) is 0. The van der Waals surface area contributed by atoms with E-state index in [1.165, 1.54) is 0 Å². The van der Waals surface area contributed by atoms with Crippen molar-refractivity contribution >= 4 is 65.7 Å². The summed E-state index contributed by atoms with van der Waals surface area (Å²) in [5, 5.41) is 4.55. The highest BCUT2D eigenvalue weighted by Crippen LogP contribution is 2.39. The first-order valence-corrected chi connectivity index (χ1v) is 19.1. The third-order valence-corrected chi connectivity index (χ3v) is 11.0. The van der Waals surface area contributed by atoms with Crippen LogP contribution in [-0.2, 0) is 0 Å². The predicted octanol–water partition coefficient (Wildman–Crippen LogP) is 12.4. The number of benzene rings is 8. The van der Waals surface area contributed by atoms with Crippen LogP contribution in [0.15, 0.2) is 194 Å². The van der Waals surface area contributed by atoms with Crippen LogP contribution < -0.4 is 4.74 Å². The summed E-state index contributed by atoms with van der Waals surface area (Å²) in [7, 11) is 0. The Balaban J connectivity index is 1.05.